The van der Waals surface area contributed by atoms with E-state index in [1.165, 1.54) is 0 Å². The molecule has 0 aliphatic rings. The lowest BCUT2D eigenvalue weighted by atomic mass is 10.3. The van der Waals surface area contributed by atoms with Gasteiger partial charge in [-0.1, -0.05) is 12.1 Å². The maximum absolute atomic E-state index is 8.71. The first-order valence-corrected chi connectivity index (χ1v) is 2.66. The Hall–Kier alpha value is -0.760. The van der Waals surface area contributed by atoms with Gasteiger partial charge in [0, 0.05) is 0 Å². The summed E-state index contributed by atoms with van der Waals surface area (Å²) in [7, 11) is 0. The van der Waals surface area contributed by atoms with Crippen LogP contribution in [-0.4, -0.2) is 5.11 Å². The van der Waals surface area contributed by atoms with Crippen molar-refractivity contribution in [2.75, 3.05) is 0 Å². The highest BCUT2D eigenvalue weighted by Crippen LogP contribution is 2.07. The Morgan fingerprint density at radius 2 is 1.62 bits per heavy atom. The maximum atomic E-state index is 8.71. The molecule has 0 fully saturated rings. The molecule has 0 amide bonds. The molecule has 8 heavy (non-hydrogen) atoms. The van der Waals surface area contributed by atoms with Gasteiger partial charge < -0.3 is 17.7 Å². The summed E-state index contributed by atoms with van der Waals surface area (Å²) in [6, 6.07) is 6.51. The van der Waals surface area contributed by atoms with Crippen molar-refractivity contribution in [3.63, 3.8) is 0 Å². The Kier molecular flexibility index (Phi) is 1.35. The van der Waals surface area contributed by atoms with Crippen molar-refractivity contribution in [1.82, 2.24) is 0 Å². The van der Waals surface area contributed by atoms with E-state index < -0.39 is 0 Å². The Labute approximate surface area is 53.4 Å². The van der Waals surface area contributed by atoms with Gasteiger partial charge in [0.15, 0.2) is 0 Å². The lowest BCUT2D eigenvalue weighted by Gasteiger charge is -2.01. The first-order valence-electron chi connectivity index (χ1n) is 2.25. The number of hydrogen-bond acceptors (Lipinski definition) is 2. The van der Waals surface area contributed by atoms with Crippen molar-refractivity contribution < 1.29 is 5.11 Å². The highest BCUT2D eigenvalue weighted by atomic mass is 32.1. The van der Waals surface area contributed by atoms with Crippen LogP contribution in [0, 0.1) is 0 Å². The molecule has 0 bridgehead atoms. The molecule has 0 atom stereocenters. The van der Waals surface area contributed by atoms with E-state index in [0.717, 1.165) is 4.90 Å². The molecule has 1 nitrogen and oxygen atoms in total. The van der Waals surface area contributed by atoms with Gasteiger partial charge in [0.05, 0.1) is 0 Å². The number of benzene rings is 1. The van der Waals surface area contributed by atoms with Crippen LogP contribution < -0.4 is 0 Å². The first-order chi connectivity index (χ1) is 3.79. The van der Waals surface area contributed by atoms with Crippen molar-refractivity contribution in [3.05, 3.63) is 24.3 Å². The molecule has 1 aromatic rings. The predicted octanol–water partition coefficient (Wildman–Crippen LogP) is 1.30. The predicted molar refractivity (Wildman–Crippen MR) is 33.7 cm³/mol. The van der Waals surface area contributed by atoms with E-state index >= 15 is 0 Å². The fraction of sp³-hybridized carbons (Fsp3) is 0. The topological polar surface area (TPSA) is 20.2 Å². The maximum Gasteiger partial charge on any atom is 0.115 e. The molecule has 0 aromatic heterocycles. The summed E-state index contributed by atoms with van der Waals surface area (Å²) in [5, 5.41) is 8.71. The van der Waals surface area contributed by atoms with Gasteiger partial charge in [0.25, 0.3) is 0 Å². The van der Waals surface area contributed by atoms with Crippen LogP contribution in [0.3, 0.4) is 0 Å². The summed E-state index contributed by atoms with van der Waals surface area (Å²) in [5.74, 6) is 0.263. The van der Waals surface area contributed by atoms with Crippen LogP contribution >= 0.6 is 0 Å². The fourth-order valence-corrected chi connectivity index (χ4v) is 0.582. The van der Waals surface area contributed by atoms with Gasteiger partial charge in [-0.25, -0.2) is 0 Å². The van der Waals surface area contributed by atoms with Crippen molar-refractivity contribution >= 4 is 12.6 Å². The van der Waals surface area contributed by atoms with Gasteiger partial charge >= 0.3 is 0 Å². The average Bonchev–Trinajstić information content (AvgIpc) is 1.77. The molecule has 0 saturated heterocycles. The van der Waals surface area contributed by atoms with Crippen LogP contribution in [0.25, 0.3) is 0 Å². The van der Waals surface area contributed by atoms with Crippen molar-refractivity contribution in [3.8, 4) is 5.75 Å². The molecule has 0 aliphatic heterocycles. The van der Waals surface area contributed by atoms with Crippen molar-refractivity contribution in [2.24, 2.45) is 0 Å². The van der Waals surface area contributed by atoms with Gasteiger partial charge in [0.1, 0.15) is 5.75 Å². The number of hydrogen-bond donors (Lipinski definition) is 1. The summed E-state index contributed by atoms with van der Waals surface area (Å²) >= 11 is 4.76. The lowest BCUT2D eigenvalue weighted by Crippen LogP contribution is -1.65. The van der Waals surface area contributed by atoms with Crippen LogP contribution in [0.15, 0.2) is 29.2 Å². The van der Waals surface area contributed by atoms with Crippen LogP contribution in [0.1, 0.15) is 0 Å². The van der Waals surface area contributed by atoms with Crippen LogP contribution in [-0.2, 0) is 12.6 Å². The van der Waals surface area contributed by atoms with Gasteiger partial charge in [-0.3, -0.25) is 0 Å². The third kappa shape index (κ3) is 1.10. The highest BCUT2D eigenvalue weighted by molar-refractivity contribution is 7.58. The normalized spacial score (nSPS) is 9.00. The molecule has 0 aliphatic carbocycles. The Bertz CT molecular complexity index is 147. The monoisotopic (exact) mass is 125 g/mol. The zero-order valence-corrected chi connectivity index (χ0v) is 4.98. The lowest BCUT2D eigenvalue weighted by molar-refractivity contribution is 0.475. The van der Waals surface area contributed by atoms with Crippen molar-refractivity contribution in [2.45, 2.75) is 4.90 Å². The molecule has 1 N–H and O–H groups in total. The van der Waals surface area contributed by atoms with E-state index in [9.17, 15) is 0 Å². The smallest absolute Gasteiger partial charge is 0.115 e. The van der Waals surface area contributed by atoms with E-state index in [4.69, 9.17) is 17.7 Å². The van der Waals surface area contributed by atoms with E-state index in [1.54, 1.807) is 24.3 Å². The molecule has 2 heteroatoms. The van der Waals surface area contributed by atoms with Crippen LogP contribution in [0.5, 0.6) is 5.75 Å². The molecule has 0 saturated carbocycles. The quantitative estimate of drug-likeness (QED) is 0.527. The minimum Gasteiger partial charge on any atom is -0.780 e. The fourth-order valence-electron chi connectivity index (χ4n) is 0.446. The third-order valence-electron chi connectivity index (χ3n) is 0.837. The van der Waals surface area contributed by atoms with Crippen LogP contribution in [0.2, 0.25) is 0 Å². The van der Waals surface area contributed by atoms with Gasteiger partial charge in [-0.2, -0.15) is 4.90 Å². The summed E-state index contributed by atoms with van der Waals surface area (Å²) < 4.78 is 0. The molecule has 0 radical (unpaired) electrons. The summed E-state index contributed by atoms with van der Waals surface area (Å²) in [5.41, 5.74) is 0. The molecule has 42 valence electrons. The largest absolute Gasteiger partial charge is 0.780 e. The minimum atomic E-state index is 0.263. The Morgan fingerprint density at radius 1 is 1.12 bits per heavy atom. The zero-order valence-electron chi connectivity index (χ0n) is 4.16. The summed E-state index contributed by atoms with van der Waals surface area (Å²) in [6.07, 6.45) is 0. The first kappa shape index (κ1) is 5.38. The standard InChI is InChI=1S/C6H6OS/c7-5-1-3-6(8)4-2-5/h1-4,7-8H/p-1. The molecule has 0 spiro atoms. The van der Waals surface area contributed by atoms with E-state index in [0.29, 0.717) is 0 Å². The highest BCUT2D eigenvalue weighted by Gasteiger charge is 1.77. The second-order valence-electron chi connectivity index (χ2n) is 1.49. The third-order valence-corrected chi connectivity index (χ3v) is 1.11. The van der Waals surface area contributed by atoms with Gasteiger partial charge in [0.2, 0.25) is 0 Å². The number of phenolic OH excluding ortho intramolecular Hbond substituents is 1. The van der Waals surface area contributed by atoms with E-state index in [1.807, 2.05) is 0 Å². The number of aromatic hydroxyl groups is 1. The molecule has 1 aromatic carbocycles. The SMILES string of the molecule is Oc1ccc([S-])cc1. The number of phenols is 1. The molecular formula is C6H5OS-. The average molecular weight is 125 g/mol. The molecule has 0 heterocycles. The van der Waals surface area contributed by atoms with E-state index in [2.05, 4.69) is 0 Å². The Balaban J connectivity index is 3.03. The second kappa shape index (κ2) is 2.01. The minimum absolute atomic E-state index is 0.263. The zero-order chi connectivity index (χ0) is 5.98. The number of rotatable bonds is 0. The molecular weight excluding hydrogens is 120 g/mol. The van der Waals surface area contributed by atoms with Gasteiger partial charge in [-0.05, 0) is 12.1 Å². The summed E-state index contributed by atoms with van der Waals surface area (Å²) in [4.78, 5) is 0.753. The van der Waals surface area contributed by atoms with Gasteiger partial charge in [-0.15, -0.1) is 0 Å². The molecule has 0 unspecified atom stereocenters. The Morgan fingerprint density at radius 3 is 2.00 bits per heavy atom. The van der Waals surface area contributed by atoms with E-state index in [-0.39, 0.29) is 5.75 Å². The molecule has 1 rings (SSSR count). The summed E-state index contributed by atoms with van der Waals surface area (Å²) in [6.45, 7) is 0. The second-order valence-corrected chi connectivity index (χ2v) is 1.97. The van der Waals surface area contributed by atoms with Crippen molar-refractivity contribution in [1.29, 1.82) is 0 Å². The van der Waals surface area contributed by atoms with Crippen LogP contribution in [0.4, 0.5) is 0 Å².